The predicted molar refractivity (Wildman–Crippen MR) is 94.5 cm³/mol. The number of nitrogens with one attached hydrogen (secondary N) is 1. The molecule has 4 nitrogen and oxygen atoms in total. The van der Waals surface area contributed by atoms with Crippen molar-refractivity contribution in [2.75, 3.05) is 0 Å². The van der Waals surface area contributed by atoms with E-state index in [9.17, 15) is 9.59 Å². The van der Waals surface area contributed by atoms with E-state index in [1.54, 1.807) is 42.5 Å². The standard InChI is InChI=1S/C18H17Cl2NO3/c19-14-5-1-3-12(7-14)9-16(11-18(23)24)21-17(22)10-13-4-2-6-15(20)8-13/h1-8,16H,9-11H2,(H,21,22)(H,23,24). The number of carboxylic acid groups (broad SMARTS) is 1. The van der Waals surface area contributed by atoms with Crippen molar-refractivity contribution >= 4 is 35.1 Å². The Kier molecular flexibility index (Phi) is 6.64. The number of rotatable bonds is 7. The molecule has 0 saturated heterocycles. The van der Waals surface area contributed by atoms with E-state index < -0.39 is 12.0 Å². The van der Waals surface area contributed by atoms with Gasteiger partial charge in [0, 0.05) is 16.1 Å². The van der Waals surface area contributed by atoms with Crippen LogP contribution in [0.1, 0.15) is 17.5 Å². The van der Waals surface area contributed by atoms with Crippen LogP contribution in [0.15, 0.2) is 48.5 Å². The van der Waals surface area contributed by atoms with Crippen LogP contribution in [0.2, 0.25) is 10.0 Å². The summed E-state index contributed by atoms with van der Waals surface area (Å²) < 4.78 is 0. The Morgan fingerprint density at radius 1 is 1.00 bits per heavy atom. The summed E-state index contributed by atoms with van der Waals surface area (Å²) in [6.45, 7) is 0. The summed E-state index contributed by atoms with van der Waals surface area (Å²) in [5, 5.41) is 13.0. The molecule has 2 aromatic rings. The summed E-state index contributed by atoms with van der Waals surface area (Å²) >= 11 is 11.8. The summed E-state index contributed by atoms with van der Waals surface area (Å²) in [7, 11) is 0. The lowest BCUT2D eigenvalue weighted by Gasteiger charge is -2.17. The van der Waals surface area contributed by atoms with E-state index in [4.69, 9.17) is 28.3 Å². The third kappa shape index (κ3) is 6.22. The van der Waals surface area contributed by atoms with Crippen molar-refractivity contribution in [1.82, 2.24) is 5.32 Å². The lowest BCUT2D eigenvalue weighted by Crippen LogP contribution is -2.38. The monoisotopic (exact) mass is 365 g/mol. The molecule has 0 radical (unpaired) electrons. The molecular weight excluding hydrogens is 349 g/mol. The predicted octanol–water partition coefficient (Wildman–Crippen LogP) is 3.74. The highest BCUT2D eigenvalue weighted by Crippen LogP contribution is 2.14. The highest BCUT2D eigenvalue weighted by atomic mass is 35.5. The molecule has 0 aromatic heterocycles. The molecule has 0 aliphatic rings. The molecule has 1 amide bonds. The zero-order valence-electron chi connectivity index (χ0n) is 12.8. The normalized spacial score (nSPS) is 11.8. The molecule has 126 valence electrons. The molecule has 1 atom stereocenters. The number of carbonyl (C=O) groups is 2. The van der Waals surface area contributed by atoms with Gasteiger partial charge in [-0.1, -0.05) is 47.5 Å². The molecule has 0 heterocycles. The largest absolute Gasteiger partial charge is 0.481 e. The van der Waals surface area contributed by atoms with Gasteiger partial charge in [-0.3, -0.25) is 9.59 Å². The Labute approximate surface area is 150 Å². The maximum atomic E-state index is 12.2. The number of halogens is 2. The number of hydrogen-bond acceptors (Lipinski definition) is 2. The maximum Gasteiger partial charge on any atom is 0.305 e. The number of hydrogen-bond donors (Lipinski definition) is 2. The maximum absolute atomic E-state index is 12.2. The van der Waals surface area contributed by atoms with Gasteiger partial charge in [-0.2, -0.15) is 0 Å². The molecule has 24 heavy (non-hydrogen) atoms. The van der Waals surface area contributed by atoms with Crippen molar-refractivity contribution in [2.24, 2.45) is 0 Å². The molecule has 0 spiro atoms. The van der Waals surface area contributed by atoms with E-state index >= 15 is 0 Å². The summed E-state index contributed by atoms with van der Waals surface area (Å²) in [6.07, 6.45) is 0.383. The third-order valence-electron chi connectivity index (χ3n) is 3.41. The van der Waals surface area contributed by atoms with E-state index in [0.29, 0.717) is 16.5 Å². The highest BCUT2D eigenvalue weighted by Gasteiger charge is 2.17. The molecule has 0 bridgehead atoms. The number of benzene rings is 2. The fourth-order valence-corrected chi connectivity index (χ4v) is 2.87. The second kappa shape index (κ2) is 8.71. The minimum atomic E-state index is -0.968. The van der Waals surface area contributed by atoms with Crippen molar-refractivity contribution in [3.8, 4) is 0 Å². The topological polar surface area (TPSA) is 66.4 Å². The minimum absolute atomic E-state index is 0.145. The Morgan fingerprint density at radius 2 is 1.58 bits per heavy atom. The van der Waals surface area contributed by atoms with Gasteiger partial charge in [0.15, 0.2) is 0 Å². The Balaban J connectivity index is 2.02. The second-order valence-electron chi connectivity index (χ2n) is 5.50. The first-order valence-corrected chi connectivity index (χ1v) is 8.18. The fourth-order valence-electron chi connectivity index (χ4n) is 2.44. The second-order valence-corrected chi connectivity index (χ2v) is 6.38. The first-order valence-electron chi connectivity index (χ1n) is 7.42. The molecule has 1 unspecified atom stereocenters. The van der Waals surface area contributed by atoms with Gasteiger partial charge in [-0.25, -0.2) is 0 Å². The van der Waals surface area contributed by atoms with Crippen molar-refractivity contribution in [1.29, 1.82) is 0 Å². The van der Waals surface area contributed by atoms with E-state index in [1.165, 1.54) is 0 Å². The van der Waals surface area contributed by atoms with Crippen LogP contribution in [0.5, 0.6) is 0 Å². The van der Waals surface area contributed by atoms with Gasteiger partial charge < -0.3 is 10.4 Å². The number of amides is 1. The molecule has 0 fully saturated rings. The van der Waals surface area contributed by atoms with Crippen LogP contribution in [0.4, 0.5) is 0 Å². The molecule has 2 rings (SSSR count). The van der Waals surface area contributed by atoms with Crippen LogP contribution in [0, 0.1) is 0 Å². The average molecular weight is 366 g/mol. The molecule has 0 aliphatic heterocycles. The Morgan fingerprint density at radius 3 is 2.17 bits per heavy atom. The van der Waals surface area contributed by atoms with Gasteiger partial charge in [-0.05, 0) is 41.8 Å². The molecule has 2 aromatic carbocycles. The molecular formula is C18H17Cl2NO3. The van der Waals surface area contributed by atoms with Gasteiger partial charge >= 0.3 is 5.97 Å². The average Bonchev–Trinajstić information content (AvgIpc) is 2.46. The molecule has 0 saturated carbocycles. The van der Waals surface area contributed by atoms with Crippen molar-refractivity contribution in [2.45, 2.75) is 25.3 Å². The highest BCUT2D eigenvalue weighted by molar-refractivity contribution is 6.30. The molecule has 0 aliphatic carbocycles. The summed E-state index contributed by atoms with van der Waals surface area (Å²) in [6, 6.07) is 13.7. The van der Waals surface area contributed by atoms with Crippen LogP contribution in [0.25, 0.3) is 0 Å². The van der Waals surface area contributed by atoms with E-state index in [-0.39, 0.29) is 18.7 Å². The van der Waals surface area contributed by atoms with Crippen molar-refractivity contribution in [3.63, 3.8) is 0 Å². The first-order chi connectivity index (χ1) is 11.4. The molecule has 6 heteroatoms. The van der Waals surface area contributed by atoms with Crippen molar-refractivity contribution < 1.29 is 14.7 Å². The van der Waals surface area contributed by atoms with Crippen LogP contribution < -0.4 is 5.32 Å². The van der Waals surface area contributed by atoms with E-state index in [1.807, 2.05) is 6.07 Å². The van der Waals surface area contributed by atoms with Crippen LogP contribution in [-0.4, -0.2) is 23.0 Å². The van der Waals surface area contributed by atoms with Crippen LogP contribution >= 0.6 is 23.2 Å². The summed E-state index contributed by atoms with van der Waals surface area (Å²) in [5.74, 6) is -1.21. The Hall–Kier alpha value is -2.04. The quantitative estimate of drug-likeness (QED) is 0.785. The fraction of sp³-hybridized carbons (Fsp3) is 0.222. The zero-order valence-corrected chi connectivity index (χ0v) is 14.3. The lowest BCUT2D eigenvalue weighted by molar-refractivity contribution is -0.137. The van der Waals surface area contributed by atoms with Gasteiger partial charge in [0.05, 0.1) is 12.8 Å². The van der Waals surface area contributed by atoms with Crippen LogP contribution in [0.3, 0.4) is 0 Å². The van der Waals surface area contributed by atoms with Crippen LogP contribution in [-0.2, 0) is 22.4 Å². The van der Waals surface area contributed by atoms with Gasteiger partial charge in [0.1, 0.15) is 0 Å². The summed E-state index contributed by atoms with van der Waals surface area (Å²) in [5.41, 5.74) is 1.65. The van der Waals surface area contributed by atoms with E-state index in [2.05, 4.69) is 5.32 Å². The first kappa shape index (κ1) is 18.3. The summed E-state index contributed by atoms with van der Waals surface area (Å²) in [4.78, 5) is 23.3. The van der Waals surface area contributed by atoms with Crippen molar-refractivity contribution in [3.05, 3.63) is 69.7 Å². The Bertz CT molecular complexity index is 734. The third-order valence-corrected chi connectivity index (χ3v) is 3.88. The minimum Gasteiger partial charge on any atom is -0.481 e. The van der Waals surface area contributed by atoms with Gasteiger partial charge in [0.2, 0.25) is 5.91 Å². The lowest BCUT2D eigenvalue weighted by atomic mass is 10.0. The van der Waals surface area contributed by atoms with Gasteiger partial charge in [-0.15, -0.1) is 0 Å². The van der Waals surface area contributed by atoms with E-state index in [0.717, 1.165) is 11.1 Å². The number of carbonyl (C=O) groups excluding carboxylic acids is 1. The zero-order chi connectivity index (χ0) is 17.5. The molecule has 2 N–H and O–H groups in total. The smallest absolute Gasteiger partial charge is 0.305 e. The SMILES string of the molecule is O=C(O)CC(Cc1cccc(Cl)c1)NC(=O)Cc1cccc(Cl)c1. The van der Waals surface area contributed by atoms with Gasteiger partial charge in [0.25, 0.3) is 0 Å². The number of carboxylic acids is 1. The number of aliphatic carboxylic acids is 1.